The normalized spacial score (nSPS) is 25.3. The number of ether oxygens (including phenoxy) is 1. The van der Waals surface area contributed by atoms with E-state index in [9.17, 15) is 0 Å². The van der Waals surface area contributed by atoms with Gasteiger partial charge in [-0.05, 0) is 37.9 Å². The first-order valence-electron chi connectivity index (χ1n) is 6.63. The minimum absolute atomic E-state index is 0.195. The van der Waals surface area contributed by atoms with Crippen molar-refractivity contribution in [3.8, 4) is 0 Å². The lowest BCUT2D eigenvalue weighted by atomic mass is 9.92. The maximum atomic E-state index is 6.30. The summed E-state index contributed by atoms with van der Waals surface area (Å²) in [4.78, 5) is 6.81. The van der Waals surface area contributed by atoms with Crippen LogP contribution in [0, 0.1) is 6.92 Å². The Hall–Kier alpha value is -0.970. The minimum Gasteiger partial charge on any atom is -0.383 e. The van der Waals surface area contributed by atoms with Crippen LogP contribution in [-0.4, -0.2) is 42.7 Å². The highest BCUT2D eigenvalue weighted by Gasteiger charge is 2.30. The molecule has 1 aromatic heterocycles. The number of aromatic nitrogens is 1. The highest BCUT2D eigenvalue weighted by Crippen LogP contribution is 2.29. The number of hydrogen-bond acceptors (Lipinski definition) is 4. The van der Waals surface area contributed by atoms with Crippen molar-refractivity contribution in [1.29, 1.82) is 0 Å². The number of methoxy groups -OCH3 is 1. The first-order valence-corrected chi connectivity index (χ1v) is 6.63. The van der Waals surface area contributed by atoms with E-state index < -0.39 is 0 Å². The van der Waals surface area contributed by atoms with Crippen molar-refractivity contribution in [3.05, 3.63) is 29.6 Å². The van der Waals surface area contributed by atoms with Gasteiger partial charge in [0.1, 0.15) is 0 Å². The first-order chi connectivity index (χ1) is 8.72. The van der Waals surface area contributed by atoms with Crippen LogP contribution < -0.4 is 5.73 Å². The van der Waals surface area contributed by atoms with E-state index in [0.29, 0.717) is 0 Å². The van der Waals surface area contributed by atoms with E-state index in [0.717, 1.165) is 31.8 Å². The summed E-state index contributed by atoms with van der Waals surface area (Å²) in [5, 5.41) is 0. The zero-order valence-electron chi connectivity index (χ0n) is 11.3. The molecule has 2 N–H and O–H groups in total. The largest absolute Gasteiger partial charge is 0.383 e. The summed E-state index contributed by atoms with van der Waals surface area (Å²) >= 11 is 0. The predicted molar refractivity (Wildman–Crippen MR) is 72.4 cm³/mol. The molecular formula is C14H23N3O. The van der Waals surface area contributed by atoms with Crippen LogP contribution in [0.25, 0.3) is 0 Å². The second-order valence-corrected chi connectivity index (χ2v) is 5.01. The van der Waals surface area contributed by atoms with Crippen LogP contribution >= 0.6 is 0 Å². The van der Waals surface area contributed by atoms with Crippen molar-refractivity contribution in [2.75, 3.05) is 26.8 Å². The average molecular weight is 249 g/mol. The maximum Gasteiger partial charge on any atom is 0.0589 e. The minimum atomic E-state index is 0.195. The van der Waals surface area contributed by atoms with Gasteiger partial charge in [0.15, 0.2) is 0 Å². The number of pyridine rings is 1. The van der Waals surface area contributed by atoms with Gasteiger partial charge in [-0.3, -0.25) is 9.88 Å². The Morgan fingerprint density at radius 2 is 2.33 bits per heavy atom. The molecular weight excluding hydrogens is 226 g/mol. The third-order valence-electron chi connectivity index (χ3n) is 3.64. The van der Waals surface area contributed by atoms with Gasteiger partial charge in [0, 0.05) is 31.6 Å². The van der Waals surface area contributed by atoms with Gasteiger partial charge < -0.3 is 10.5 Å². The number of aryl methyl sites for hydroxylation is 1. The SMILES string of the molecule is COCCN1CCCC(N)C1c1ccc(C)nc1. The fourth-order valence-electron chi connectivity index (χ4n) is 2.67. The van der Waals surface area contributed by atoms with E-state index in [1.807, 2.05) is 13.1 Å². The van der Waals surface area contributed by atoms with Gasteiger partial charge >= 0.3 is 0 Å². The molecule has 0 saturated carbocycles. The number of hydrogen-bond donors (Lipinski definition) is 1. The van der Waals surface area contributed by atoms with Gasteiger partial charge in [-0.2, -0.15) is 0 Å². The molecule has 1 aliphatic heterocycles. The molecule has 2 heterocycles. The molecule has 0 aliphatic carbocycles. The molecule has 4 nitrogen and oxygen atoms in total. The van der Waals surface area contributed by atoms with Gasteiger partial charge in [-0.25, -0.2) is 0 Å². The molecule has 4 heteroatoms. The van der Waals surface area contributed by atoms with Gasteiger partial charge in [0.2, 0.25) is 0 Å². The average Bonchev–Trinajstić information content (AvgIpc) is 2.38. The standard InChI is InChI=1S/C14H23N3O/c1-11-5-6-12(10-16-11)14-13(15)4-3-7-17(14)8-9-18-2/h5-6,10,13-14H,3-4,7-9,15H2,1-2H3. The van der Waals surface area contributed by atoms with E-state index in [1.54, 1.807) is 7.11 Å². The van der Waals surface area contributed by atoms with E-state index in [-0.39, 0.29) is 12.1 Å². The second kappa shape index (κ2) is 6.27. The Kier molecular flexibility index (Phi) is 4.69. The third-order valence-corrected chi connectivity index (χ3v) is 3.64. The van der Waals surface area contributed by atoms with Crippen LogP contribution in [0.4, 0.5) is 0 Å². The maximum absolute atomic E-state index is 6.30. The topological polar surface area (TPSA) is 51.4 Å². The van der Waals surface area contributed by atoms with Crippen molar-refractivity contribution in [1.82, 2.24) is 9.88 Å². The molecule has 2 atom stereocenters. The van der Waals surface area contributed by atoms with Gasteiger partial charge in [0.25, 0.3) is 0 Å². The Morgan fingerprint density at radius 3 is 3.00 bits per heavy atom. The summed E-state index contributed by atoms with van der Waals surface area (Å²) in [6.07, 6.45) is 4.22. The number of rotatable bonds is 4. The van der Waals surface area contributed by atoms with E-state index in [1.165, 1.54) is 12.0 Å². The summed E-state index contributed by atoms with van der Waals surface area (Å²) in [5.41, 5.74) is 8.57. The summed E-state index contributed by atoms with van der Waals surface area (Å²) in [5.74, 6) is 0. The molecule has 0 amide bonds. The van der Waals surface area contributed by atoms with E-state index in [2.05, 4.69) is 22.0 Å². The Morgan fingerprint density at radius 1 is 1.50 bits per heavy atom. The molecule has 0 radical (unpaired) electrons. The molecule has 1 fully saturated rings. The molecule has 1 aliphatic rings. The first kappa shape index (κ1) is 13.5. The van der Waals surface area contributed by atoms with E-state index in [4.69, 9.17) is 10.5 Å². The fraction of sp³-hybridized carbons (Fsp3) is 0.643. The Bertz CT molecular complexity index is 366. The van der Waals surface area contributed by atoms with Gasteiger partial charge in [-0.15, -0.1) is 0 Å². The Labute approximate surface area is 109 Å². The summed E-state index contributed by atoms with van der Waals surface area (Å²) in [6.45, 7) is 4.79. The molecule has 2 unspecified atom stereocenters. The molecule has 0 aromatic carbocycles. The molecule has 0 spiro atoms. The molecule has 100 valence electrons. The molecule has 2 rings (SSSR count). The van der Waals surface area contributed by atoms with Crippen LogP contribution in [0.15, 0.2) is 18.3 Å². The summed E-state index contributed by atoms with van der Waals surface area (Å²) in [7, 11) is 1.74. The summed E-state index contributed by atoms with van der Waals surface area (Å²) < 4.78 is 5.19. The highest BCUT2D eigenvalue weighted by molar-refractivity contribution is 5.20. The monoisotopic (exact) mass is 249 g/mol. The lowest BCUT2D eigenvalue weighted by Gasteiger charge is -2.39. The second-order valence-electron chi connectivity index (χ2n) is 5.01. The van der Waals surface area contributed by atoms with Crippen LogP contribution in [0.5, 0.6) is 0 Å². The molecule has 18 heavy (non-hydrogen) atoms. The molecule has 1 aromatic rings. The van der Waals surface area contributed by atoms with Crippen molar-refractivity contribution in [2.45, 2.75) is 31.8 Å². The number of nitrogens with two attached hydrogens (primary N) is 1. The zero-order chi connectivity index (χ0) is 13.0. The van der Waals surface area contributed by atoms with Crippen LogP contribution in [0.2, 0.25) is 0 Å². The predicted octanol–water partition coefficient (Wildman–Crippen LogP) is 1.50. The fourth-order valence-corrected chi connectivity index (χ4v) is 2.67. The van der Waals surface area contributed by atoms with Crippen LogP contribution in [-0.2, 0) is 4.74 Å². The van der Waals surface area contributed by atoms with E-state index >= 15 is 0 Å². The number of likely N-dealkylation sites (tertiary alicyclic amines) is 1. The van der Waals surface area contributed by atoms with Crippen molar-refractivity contribution in [3.63, 3.8) is 0 Å². The number of piperidine rings is 1. The van der Waals surface area contributed by atoms with Crippen molar-refractivity contribution < 1.29 is 4.74 Å². The van der Waals surface area contributed by atoms with Crippen LogP contribution in [0.1, 0.15) is 30.1 Å². The highest BCUT2D eigenvalue weighted by atomic mass is 16.5. The third kappa shape index (κ3) is 3.07. The number of nitrogens with zero attached hydrogens (tertiary/aromatic N) is 2. The van der Waals surface area contributed by atoms with Crippen LogP contribution in [0.3, 0.4) is 0 Å². The lowest BCUT2D eigenvalue weighted by molar-refractivity contribution is 0.0846. The quantitative estimate of drug-likeness (QED) is 0.878. The molecule has 0 bridgehead atoms. The Balaban J connectivity index is 2.15. The van der Waals surface area contributed by atoms with Gasteiger partial charge in [-0.1, -0.05) is 6.07 Å². The van der Waals surface area contributed by atoms with Crippen molar-refractivity contribution >= 4 is 0 Å². The summed E-state index contributed by atoms with van der Waals surface area (Å²) in [6, 6.07) is 4.69. The van der Waals surface area contributed by atoms with Gasteiger partial charge in [0.05, 0.1) is 12.6 Å². The molecule has 1 saturated heterocycles. The smallest absolute Gasteiger partial charge is 0.0589 e. The lowest BCUT2D eigenvalue weighted by Crippen LogP contribution is -2.46. The van der Waals surface area contributed by atoms with Crippen molar-refractivity contribution in [2.24, 2.45) is 5.73 Å². The zero-order valence-corrected chi connectivity index (χ0v) is 11.3.